The van der Waals surface area contributed by atoms with E-state index in [2.05, 4.69) is 10.1 Å². The van der Waals surface area contributed by atoms with Gasteiger partial charge < -0.3 is 14.5 Å². The molecule has 1 N–H and O–H groups in total. The van der Waals surface area contributed by atoms with Crippen LogP contribution in [0.15, 0.2) is 4.52 Å². The number of carboxylic acids is 1. The van der Waals surface area contributed by atoms with Gasteiger partial charge in [-0.2, -0.15) is 4.98 Å². The number of carbonyl (C=O) groups is 1. The largest absolute Gasteiger partial charge is 0.481 e. The Balaban J connectivity index is 2.05. The number of rotatable bonds is 3. The van der Waals surface area contributed by atoms with Crippen LogP contribution in [0, 0.1) is 0 Å². The summed E-state index contributed by atoms with van der Waals surface area (Å²) in [5.41, 5.74) is 0. The predicted molar refractivity (Wildman–Crippen MR) is 47.1 cm³/mol. The monoisotopic (exact) mass is 197 g/mol. The van der Waals surface area contributed by atoms with E-state index in [0.717, 1.165) is 25.9 Å². The Morgan fingerprint density at radius 2 is 2.21 bits per heavy atom. The summed E-state index contributed by atoms with van der Waals surface area (Å²) >= 11 is 0. The van der Waals surface area contributed by atoms with Crippen LogP contribution in [0.1, 0.15) is 18.7 Å². The Bertz CT molecular complexity index is 330. The molecule has 0 aromatic carbocycles. The summed E-state index contributed by atoms with van der Waals surface area (Å²) < 4.78 is 4.80. The third-order valence-corrected chi connectivity index (χ3v) is 2.15. The number of hydrogen-bond acceptors (Lipinski definition) is 5. The van der Waals surface area contributed by atoms with Gasteiger partial charge in [-0.05, 0) is 18.0 Å². The normalized spacial score (nSPS) is 16.1. The van der Waals surface area contributed by atoms with E-state index in [4.69, 9.17) is 9.63 Å². The summed E-state index contributed by atoms with van der Waals surface area (Å²) in [6.45, 7) is 1.85. The Labute approximate surface area is 80.5 Å². The molecular weight excluding hydrogens is 186 g/mol. The minimum Gasteiger partial charge on any atom is -0.481 e. The van der Waals surface area contributed by atoms with Crippen molar-refractivity contribution in [3.63, 3.8) is 0 Å². The molecule has 0 bridgehead atoms. The lowest BCUT2D eigenvalue weighted by molar-refractivity contribution is -0.136. The van der Waals surface area contributed by atoms with Gasteiger partial charge in [0.2, 0.25) is 5.89 Å². The standard InChI is InChI=1S/C8H11N3O3/c12-7(13)5-6-9-8(10-14-6)11-3-1-2-4-11/h1-5H2,(H,12,13). The van der Waals surface area contributed by atoms with E-state index in [1.54, 1.807) is 0 Å². The van der Waals surface area contributed by atoms with E-state index >= 15 is 0 Å². The SMILES string of the molecule is O=C(O)Cc1nc(N2CCCC2)no1. The van der Waals surface area contributed by atoms with Gasteiger partial charge in [-0.25, -0.2) is 0 Å². The number of aliphatic carboxylic acids is 1. The molecule has 1 saturated heterocycles. The fourth-order valence-electron chi connectivity index (χ4n) is 1.49. The summed E-state index contributed by atoms with van der Waals surface area (Å²) in [5.74, 6) is -0.278. The van der Waals surface area contributed by atoms with Crippen LogP contribution in [0.2, 0.25) is 0 Å². The Hall–Kier alpha value is -1.59. The van der Waals surface area contributed by atoms with Crippen molar-refractivity contribution in [2.45, 2.75) is 19.3 Å². The second-order valence-corrected chi connectivity index (χ2v) is 3.25. The smallest absolute Gasteiger partial charge is 0.312 e. The van der Waals surface area contributed by atoms with Gasteiger partial charge in [-0.1, -0.05) is 0 Å². The zero-order chi connectivity index (χ0) is 9.97. The van der Waals surface area contributed by atoms with Gasteiger partial charge in [0.15, 0.2) is 0 Å². The van der Waals surface area contributed by atoms with Crippen LogP contribution in [-0.2, 0) is 11.2 Å². The first-order chi connectivity index (χ1) is 6.75. The lowest BCUT2D eigenvalue weighted by atomic mass is 10.4. The van der Waals surface area contributed by atoms with Crippen LogP contribution >= 0.6 is 0 Å². The molecule has 0 amide bonds. The van der Waals surface area contributed by atoms with E-state index in [9.17, 15) is 4.79 Å². The Morgan fingerprint density at radius 1 is 1.50 bits per heavy atom. The predicted octanol–water partition coefficient (Wildman–Crippen LogP) is 0.297. The minimum absolute atomic E-state index is 0.166. The lowest BCUT2D eigenvalue weighted by Gasteiger charge is -2.09. The number of carboxylic acid groups (broad SMARTS) is 1. The highest BCUT2D eigenvalue weighted by Crippen LogP contribution is 2.16. The second kappa shape index (κ2) is 3.65. The van der Waals surface area contributed by atoms with Crippen molar-refractivity contribution in [2.24, 2.45) is 0 Å². The van der Waals surface area contributed by atoms with Gasteiger partial charge in [0.05, 0.1) is 0 Å². The van der Waals surface area contributed by atoms with Crippen LogP contribution in [0.3, 0.4) is 0 Å². The van der Waals surface area contributed by atoms with Gasteiger partial charge in [0.25, 0.3) is 5.95 Å². The molecule has 0 saturated carbocycles. The Kier molecular flexibility index (Phi) is 2.34. The van der Waals surface area contributed by atoms with Crippen LogP contribution in [0.25, 0.3) is 0 Å². The topological polar surface area (TPSA) is 79.5 Å². The molecule has 6 heteroatoms. The van der Waals surface area contributed by atoms with Gasteiger partial charge in [-0.3, -0.25) is 4.79 Å². The van der Waals surface area contributed by atoms with Crippen molar-refractivity contribution in [2.75, 3.05) is 18.0 Å². The summed E-state index contributed by atoms with van der Waals surface area (Å²) in [6.07, 6.45) is 2.05. The molecule has 14 heavy (non-hydrogen) atoms. The van der Waals surface area contributed by atoms with Crippen LogP contribution < -0.4 is 4.90 Å². The van der Waals surface area contributed by atoms with E-state index in [0.29, 0.717) is 5.95 Å². The molecule has 1 aromatic rings. The molecule has 0 aliphatic carbocycles. The molecular formula is C8H11N3O3. The van der Waals surface area contributed by atoms with Crippen LogP contribution in [-0.4, -0.2) is 34.3 Å². The van der Waals surface area contributed by atoms with Crippen LogP contribution in [0.4, 0.5) is 5.95 Å². The Morgan fingerprint density at radius 3 is 2.86 bits per heavy atom. The van der Waals surface area contributed by atoms with Gasteiger partial charge in [0.1, 0.15) is 6.42 Å². The average molecular weight is 197 g/mol. The maximum atomic E-state index is 10.4. The van der Waals surface area contributed by atoms with Crippen molar-refractivity contribution in [1.82, 2.24) is 10.1 Å². The zero-order valence-corrected chi connectivity index (χ0v) is 7.64. The van der Waals surface area contributed by atoms with Crippen LogP contribution in [0.5, 0.6) is 0 Å². The molecule has 0 radical (unpaired) electrons. The zero-order valence-electron chi connectivity index (χ0n) is 7.64. The van der Waals surface area contributed by atoms with Crippen molar-refractivity contribution >= 4 is 11.9 Å². The molecule has 0 atom stereocenters. The molecule has 1 fully saturated rings. The third kappa shape index (κ3) is 1.84. The van der Waals surface area contributed by atoms with Crippen molar-refractivity contribution in [3.8, 4) is 0 Å². The van der Waals surface area contributed by atoms with Crippen molar-refractivity contribution in [3.05, 3.63) is 5.89 Å². The molecule has 76 valence electrons. The lowest BCUT2D eigenvalue weighted by Crippen LogP contribution is -2.18. The molecule has 0 spiro atoms. The maximum absolute atomic E-state index is 10.4. The second-order valence-electron chi connectivity index (χ2n) is 3.25. The number of nitrogens with zero attached hydrogens (tertiary/aromatic N) is 3. The minimum atomic E-state index is -0.957. The number of aromatic nitrogens is 2. The fraction of sp³-hybridized carbons (Fsp3) is 0.625. The fourth-order valence-corrected chi connectivity index (χ4v) is 1.49. The highest BCUT2D eigenvalue weighted by Gasteiger charge is 2.18. The molecule has 1 aliphatic rings. The molecule has 1 aromatic heterocycles. The van der Waals surface area contributed by atoms with Gasteiger partial charge in [-0.15, -0.1) is 0 Å². The number of hydrogen-bond donors (Lipinski definition) is 1. The third-order valence-electron chi connectivity index (χ3n) is 2.15. The summed E-state index contributed by atoms with van der Waals surface area (Å²) in [4.78, 5) is 16.4. The highest BCUT2D eigenvalue weighted by molar-refractivity contribution is 5.68. The number of anilines is 1. The van der Waals surface area contributed by atoms with Gasteiger partial charge >= 0.3 is 5.97 Å². The van der Waals surface area contributed by atoms with Crippen molar-refractivity contribution < 1.29 is 14.4 Å². The van der Waals surface area contributed by atoms with Crippen molar-refractivity contribution in [1.29, 1.82) is 0 Å². The first kappa shape index (κ1) is 8.98. The maximum Gasteiger partial charge on any atom is 0.312 e. The summed E-state index contributed by atoms with van der Waals surface area (Å²) in [7, 11) is 0. The van der Waals surface area contributed by atoms with Gasteiger partial charge in [0, 0.05) is 13.1 Å². The van der Waals surface area contributed by atoms with E-state index < -0.39 is 5.97 Å². The summed E-state index contributed by atoms with van der Waals surface area (Å²) in [5, 5.41) is 12.2. The summed E-state index contributed by atoms with van der Waals surface area (Å²) in [6, 6.07) is 0. The van der Waals surface area contributed by atoms with E-state index in [1.807, 2.05) is 4.90 Å². The van der Waals surface area contributed by atoms with E-state index in [1.165, 1.54) is 0 Å². The molecule has 1 aliphatic heterocycles. The molecule has 6 nitrogen and oxygen atoms in total. The first-order valence-corrected chi connectivity index (χ1v) is 4.55. The quantitative estimate of drug-likeness (QED) is 0.750. The molecule has 0 unspecified atom stereocenters. The molecule has 2 rings (SSSR count). The average Bonchev–Trinajstić information content (AvgIpc) is 2.69. The molecule has 2 heterocycles. The highest BCUT2D eigenvalue weighted by atomic mass is 16.5. The van der Waals surface area contributed by atoms with E-state index in [-0.39, 0.29) is 12.3 Å². The first-order valence-electron chi connectivity index (χ1n) is 4.55.